The van der Waals surface area contributed by atoms with Gasteiger partial charge >= 0.3 is 0 Å². The molecule has 0 bridgehead atoms. The van der Waals surface area contributed by atoms with Gasteiger partial charge in [-0.05, 0) is 18.1 Å². The summed E-state index contributed by atoms with van der Waals surface area (Å²) in [6.07, 6.45) is 2.74. The van der Waals surface area contributed by atoms with Crippen molar-refractivity contribution in [3.63, 3.8) is 0 Å². The van der Waals surface area contributed by atoms with Crippen LogP contribution >= 0.6 is 0 Å². The number of benzene rings is 1. The molecule has 1 saturated heterocycles. The van der Waals surface area contributed by atoms with Crippen LogP contribution in [0.1, 0.15) is 20.3 Å². The Labute approximate surface area is 118 Å². The fourth-order valence-electron chi connectivity index (χ4n) is 3.05. The predicted octanol–water partition coefficient (Wildman–Crippen LogP) is 3.40. The highest BCUT2D eigenvalue weighted by molar-refractivity contribution is 5.89. The summed E-state index contributed by atoms with van der Waals surface area (Å²) in [6, 6.07) is 5.33. The molecule has 4 heteroatoms. The summed E-state index contributed by atoms with van der Waals surface area (Å²) in [4.78, 5) is 2.31. The summed E-state index contributed by atoms with van der Waals surface area (Å²) in [5.41, 5.74) is 1.68. The highest BCUT2D eigenvalue weighted by Gasteiger charge is 2.28. The van der Waals surface area contributed by atoms with Gasteiger partial charge in [0.15, 0.2) is 5.58 Å². The molecule has 2 atom stereocenters. The molecule has 2 heterocycles. The Bertz CT molecular complexity index is 595. The highest BCUT2D eigenvalue weighted by Crippen LogP contribution is 2.32. The van der Waals surface area contributed by atoms with E-state index < -0.39 is 0 Å². The van der Waals surface area contributed by atoms with E-state index >= 15 is 0 Å². The maximum atomic E-state index is 13.9. The zero-order valence-corrected chi connectivity index (χ0v) is 12.0. The summed E-state index contributed by atoms with van der Waals surface area (Å²) in [6.45, 7) is 7.20. The first-order chi connectivity index (χ1) is 9.70. The molecule has 3 rings (SSSR count). The fraction of sp³-hybridized carbons (Fsp3) is 0.500. The third kappa shape index (κ3) is 2.29. The first-order valence-electron chi connectivity index (χ1n) is 7.34. The van der Waals surface area contributed by atoms with Gasteiger partial charge in [-0.25, -0.2) is 4.39 Å². The molecule has 0 spiro atoms. The Morgan fingerprint density at radius 2 is 2.35 bits per heavy atom. The van der Waals surface area contributed by atoms with Gasteiger partial charge in [0.1, 0.15) is 5.82 Å². The molecule has 1 aliphatic heterocycles. The van der Waals surface area contributed by atoms with Crippen LogP contribution in [-0.2, 0) is 0 Å². The largest absolute Gasteiger partial charge is 0.462 e. The number of furan rings is 1. The van der Waals surface area contributed by atoms with Crippen molar-refractivity contribution in [2.75, 3.05) is 24.5 Å². The van der Waals surface area contributed by atoms with Crippen molar-refractivity contribution in [1.82, 2.24) is 5.32 Å². The van der Waals surface area contributed by atoms with Crippen LogP contribution in [0.5, 0.6) is 0 Å². The lowest BCUT2D eigenvalue weighted by Gasteiger charge is -2.41. The zero-order chi connectivity index (χ0) is 14.1. The molecule has 108 valence electrons. The average Bonchev–Trinajstić information content (AvgIpc) is 2.93. The molecule has 0 amide bonds. The molecule has 20 heavy (non-hydrogen) atoms. The van der Waals surface area contributed by atoms with E-state index in [1.54, 1.807) is 12.3 Å². The molecule has 0 saturated carbocycles. The van der Waals surface area contributed by atoms with Crippen molar-refractivity contribution in [3.8, 4) is 0 Å². The standard InChI is InChI=1S/C16H21FN2O/c1-3-11(2)15-10-18-5-6-19(15)14-9-13(17)8-12-4-7-20-16(12)14/h4,7-9,11,15,18H,3,5-6,10H2,1-2H3/t11?,15-/m0/s1. The molecule has 0 aliphatic carbocycles. The Morgan fingerprint density at radius 3 is 3.15 bits per heavy atom. The lowest BCUT2D eigenvalue weighted by atomic mass is 9.95. The van der Waals surface area contributed by atoms with Crippen LogP contribution < -0.4 is 10.2 Å². The molecule has 1 aromatic carbocycles. The minimum absolute atomic E-state index is 0.199. The van der Waals surface area contributed by atoms with E-state index in [4.69, 9.17) is 4.42 Å². The number of fused-ring (bicyclic) bond motifs is 1. The lowest BCUT2D eigenvalue weighted by molar-refractivity contribution is 0.362. The predicted molar refractivity (Wildman–Crippen MR) is 79.6 cm³/mol. The van der Waals surface area contributed by atoms with Gasteiger partial charge < -0.3 is 14.6 Å². The second-order valence-electron chi connectivity index (χ2n) is 5.61. The van der Waals surface area contributed by atoms with Gasteiger partial charge in [-0.2, -0.15) is 0 Å². The molecule has 1 aromatic heterocycles. The van der Waals surface area contributed by atoms with Crippen molar-refractivity contribution in [1.29, 1.82) is 0 Å². The third-order valence-corrected chi connectivity index (χ3v) is 4.39. The number of halogens is 1. The van der Waals surface area contributed by atoms with Gasteiger partial charge in [-0.1, -0.05) is 20.3 Å². The Hall–Kier alpha value is -1.55. The summed E-state index contributed by atoms with van der Waals surface area (Å²) in [5.74, 6) is 0.353. The number of nitrogens with one attached hydrogen (secondary N) is 1. The SMILES string of the molecule is CCC(C)[C@@H]1CNCCN1c1cc(F)cc2ccoc12. The van der Waals surface area contributed by atoms with Crippen LogP contribution in [0.2, 0.25) is 0 Å². The van der Waals surface area contributed by atoms with Gasteiger partial charge in [0.05, 0.1) is 12.0 Å². The van der Waals surface area contributed by atoms with Crippen LogP contribution in [0.4, 0.5) is 10.1 Å². The van der Waals surface area contributed by atoms with Crippen molar-refractivity contribution >= 4 is 16.7 Å². The second-order valence-corrected chi connectivity index (χ2v) is 5.61. The van der Waals surface area contributed by atoms with Gasteiger partial charge in [-0.15, -0.1) is 0 Å². The van der Waals surface area contributed by atoms with E-state index in [0.29, 0.717) is 12.0 Å². The van der Waals surface area contributed by atoms with Crippen LogP contribution in [0, 0.1) is 11.7 Å². The first kappa shape index (κ1) is 13.4. The van der Waals surface area contributed by atoms with E-state index in [1.807, 2.05) is 6.07 Å². The fourth-order valence-corrected chi connectivity index (χ4v) is 3.05. The van der Waals surface area contributed by atoms with Crippen LogP contribution in [-0.4, -0.2) is 25.7 Å². The number of nitrogens with zero attached hydrogens (tertiary/aromatic N) is 1. The summed E-state index contributed by atoms with van der Waals surface area (Å²) in [7, 11) is 0. The topological polar surface area (TPSA) is 28.4 Å². The smallest absolute Gasteiger partial charge is 0.157 e. The Kier molecular flexibility index (Phi) is 3.66. The number of piperazine rings is 1. The maximum Gasteiger partial charge on any atom is 0.157 e. The molecule has 2 aromatic rings. The van der Waals surface area contributed by atoms with Crippen molar-refractivity contribution in [2.24, 2.45) is 5.92 Å². The summed E-state index contributed by atoms with van der Waals surface area (Å²) >= 11 is 0. The first-order valence-corrected chi connectivity index (χ1v) is 7.34. The van der Waals surface area contributed by atoms with Gasteiger partial charge in [-0.3, -0.25) is 0 Å². The van der Waals surface area contributed by atoms with E-state index in [2.05, 4.69) is 24.1 Å². The maximum absolute atomic E-state index is 13.9. The molecule has 1 unspecified atom stereocenters. The molecule has 1 fully saturated rings. The molecular formula is C16H21FN2O. The summed E-state index contributed by atoms with van der Waals surface area (Å²) < 4.78 is 19.4. The molecule has 1 aliphatic rings. The number of hydrogen-bond donors (Lipinski definition) is 1. The molecule has 3 nitrogen and oxygen atoms in total. The van der Waals surface area contributed by atoms with E-state index in [0.717, 1.165) is 42.7 Å². The molecular weight excluding hydrogens is 255 g/mol. The molecule has 0 radical (unpaired) electrons. The zero-order valence-electron chi connectivity index (χ0n) is 12.0. The van der Waals surface area contributed by atoms with Crippen LogP contribution in [0.15, 0.2) is 28.9 Å². The summed E-state index contributed by atoms with van der Waals surface area (Å²) in [5, 5.41) is 4.27. The average molecular weight is 276 g/mol. The van der Waals surface area contributed by atoms with Crippen LogP contribution in [0.3, 0.4) is 0 Å². The van der Waals surface area contributed by atoms with E-state index in [9.17, 15) is 4.39 Å². The van der Waals surface area contributed by atoms with Gasteiger partial charge in [0.2, 0.25) is 0 Å². The van der Waals surface area contributed by atoms with Gasteiger partial charge in [0.25, 0.3) is 0 Å². The van der Waals surface area contributed by atoms with Crippen molar-refractivity contribution in [2.45, 2.75) is 26.3 Å². The van der Waals surface area contributed by atoms with Crippen molar-refractivity contribution < 1.29 is 8.81 Å². The molecule has 1 N–H and O–H groups in total. The number of rotatable bonds is 3. The lowest BCUT2D eigenvalue weighted by Crippen LogP contribution is -2.54. The van der Waals surface area contributed by atoms with Crippen molar-refractivity contribution in [3.05, 3.63) is 30.3 Å². The number of hydrogen-bond acceptors (Lipinski definition) is 3. The number of anilines is 1. The van der Waals surface area contributed by atoms with Gasteiger partial charge in [0, 0.05) is 37.1 Å². The van der Waals surface area contributed by atoms with E-state index in [-0.39, 0.29) is 5.82 Å². The Morgan fingerprint density at radius 1 is 1.50 bits per heavy atom. The Balaban J connectivity index is 2.05. The third-order valence-electron chi connectivity index (χ3n) is 4.39. The minimum atomic E-state index is -0.199. The van der Waals surface area contributed by atoms with Crippen LogP contribution in [0.25, 0.3) is 11.0 Å². The monoisotopic (exact) mass is 276 g/mol. The van der Waals surface area contributed by atoms with E-state index in [1.165, 1.54) is 6.07 Å². The highest BCUT2D eigenvalue weighted by atomic mass is 19.1. The second kappa shape index (κ2) is 5.44. The quantitative estimate of drug-likeness (QED) is 0.931. The minimum Gasteiger partial charge on any atom is -0.462 e. The normalized spacial score (nSPS) is 21.4.